The molecule has 1 amide bonds. The summed E-state index contributed by atoms with van der Waals surface area (Å²) in [5, 5.41) is 2.86. The molecule has 0 aromatic heterocycles. The lowest BCUT2D eigenvalue weighted by Gasteiger charge is -2.52. The molecule has 20 heavy (non-hydrogen) atoms. The highest BCUT2D eigenvalue weighted by Gasteiger charge is 2.52. The van der Waals surface area contributed by atoms with Crippen molar-refractivity contribution < 1.29 is 9.53 Å². The van der Waals surface area contributed by atoms with E-state index in [-0.39, 0.29) is 11.3 Å². The first kappa shape index (κ1) is 13.5. The second-order valence-electron chi connectivity index (χ2n) is 6.37. The molecule has 0 spiro atoms. The van der Waals surface area contributed by atoms with Gasteiger partial charge in [-0.3, -0.25) is 4.79 Å². The molecule has 3 nitrogen and oxygen atoms in total. The zero-order valence-electron chi connectivity index (χ0n) is 12.4. The maximum atomic E-state index is 12.1. The zero-order chi connectivity index (χ0) is 14.2. The second-order valence-corrected chi connectivity index (χ2v) is 6.37. The Morgan fingerprint density at radius 1 is 1.05 bits per heavy atom. The predicted octanol–water partition coefficient (Wildman–Crippen LogP) is 3.03. The van der Waals surface area contributed by atoms with E-state index in [1.807, 2.05) is 0 Å². The maximum Gasteiger partial charge on any atom is 0.225 e. The van der Waals surface area contributed by atoms with Crippen LogP contribution in [0.4, 0.5) is 0 Å². The van der Waals surface area contributed by atoms with Crippen molar-refractivity contribution >= 4 is 5.91 Å². The number of ether oxygens (including phenoxy) is 1. The Balaban J connectivity index is 1.82. The van der Waals surface area contributed by atoms with Gasteiger partial charge in [-0.1, -0.05) is 12.1 Å². The molecule has 0 aliphatic heterocycles. The summed E-state index contributed by atoms with van der Waals surface area (Å²) in [6, 6.07) is 8.52. The van der Waals surface area contributed by atoms with Gasteiger partial charge in [0, 0.05) is 12.5 Å². The van der Waals surface area contributed by atoms with Crippen molar-refractivity contribution in [1.29, 1.82) is 0 Å². The van der Waals surface area contributed by atoms with Crippen LogP contribution in [0.5, 0.6) is 5.75 Å². The fourth-order valence-electron chi connectivity index (χ4n) is 4.17. The summed E-state index contributed by atoms with van der Waals surface area (Å²) in [5.74, 6) is 1.16. The maximum absolute atomic E-state index is 12.1. The molecule has 3 heteroatoms. The number of amides is 1. The minimum absolute atomic E-state index is 0.0804. The van der Waals surface area contributed by atoms with Gasteiger partial charge >= 0.3 is 0 Å². The molecule has 1 aromatic carbocycles. The van der Waals surface area contributed by atoms with Gasteiger partial charge in [-0.25, -0.2) is 0 Å². The SMILES string of the molecule is CNC(=O)C12CCC(c3ccc(OC)cc3)(CC1)CC2. The van der Waals surface area contributed by atoms with Crippen LogP contribution in [0.3, 0.4) is 0 Å². The molecule has 0 radical (unpaired) electrons. The molecule has 0 atom stereocenters. The monoisotopic (exact) mass is 273 g/mol. The lowest BCUT2D eigenvalue weighted by molar-refractivity contribution is -0.137. The molecule has 0 unspecified atom stereocenters. The average Bonchev–Trinajstić information content (AvgIpc) is 2.55. The van der Waals surface area contributed by atoms with E-state index in [9.17, 15) is 4.79 Å². The van der Waals surface area contributed by atoms with E-state index >= 15 is 0 Å². The van der Waals surface area contributed by atoms with Crippen LogP contribution < -0.4 is 10.1 Å². The molecule has 2 bridgehead atoms. The highest BCUT2D eigenvalue weighted by Crippen LogP contribution is 2.57. The van der Waals surface area contributed by atoms with E-state index in [0.29, 0.717) is 5.41 Å². The highest BCUT2D eigenvalue weighted by atomic mass is 16.5. The Morgan fingerprint density at radius 2 is 1.60 bits per heavy atom. The molecular weight excluding hydrogens is 250 g/mol. The average molecular weight is 273 g/mol. The summed E-state index contributed by atoms with van der Waals surface area (Å²) < 4.78 is 5.24. The quantitative estimate of drug-likeness (QED) is 0.919. The molecule has 0 saturated heterocycles. The summed E-state index contributed by atoms with van der Waals surface area (Å²) in [7, 11) is 3.46. The number of fused-ring (bicyclic) bond motifs is 3. The lowest BCUT2D eigenvalue weighted by Crippen LogP contribution is -2.51. The van der Waals surface area contributed by atoms with Gasteiger partial charge in [0.2, 0.25) is 5.91 Å². The van der Waals surface area contributed by atoms with Gasteiger partial charge in [0.1, 0.15) is 5.75 Å². The van der Waals surface area contributed by atoms with Crippen molar-refractivity contribution in [2.45, 2.75) is 43.9 Å². The van der Waals surface area contributed by atoms with Crippen molar-refractivity contribution in [2.75, 3.05) is 14.2 Å². The Morgan fingerprint density at radius 3 is 2.05 bits per heavy atom. The molecule has 3 aliphatic rings. The summed E-state index contributed by atoms with van der Waals surface area (Å²) in [5.41, 5.74) is 1.63. The third-order valence-electron chi connectivity index (χ3n) is 5.66. The smallest absolute Gasteiger partial charge is 0.225 e. The second kappa shape index (κ2) is 4.80. The number of methoxy groups -OCH3 is 1. The van der Waals surface area contributed by atoms with Crippen molar-refractivity contribution in [3.05, 3.63) is 29.8 Å². The highest BCUT2D eigenvalue weighted by molar-refractivity contribution is 5.82. The Kier molecular flexibility index (Phi) is 3.23. The summed E-state index contributed by atoms with van der Waals surface area (Å²) >= 11 is 0. The number of carbonyl (C=O) groups excluding carboxylic acids is 1. The van der Waals surface area contributed by atoms with Crippen molar-refractivity contribution in [2.24, 2.45) is 5.41 Å². The van der Waals surface area contributed by atoms with Crippen LogP contribution in [0.2, 0.25) is 0 Å². The first-order valence-electron chi connectivity index (χ1n) is 7.51. The number of rotatable bonds is 3. The minimum atomic E-state index is -0.0804. The molecule has 3 saturated carbocycles. The van der Waals surface area contributed by atoms with Gasteiger partial charge in [0.05, 0.1) is 7.11 Å². The fourth-order valence-corrected chi connectivity index (χ4v) is 4.17. The Labute approximate surface area is 120 Å². The molecule has 0 heterocycles. The van der Waals surface area contributed by atoms with Crippen LogP contribution in [-0.2, 0) is 10.2 Å². The summed E-state index contributed by atoms with van der Waals surface area (Å²) in [4.78, 5) is 12.1. The number of carbonyl (C=O) groups is 1. The summed E-state index contributed by atoms with van der Waals surface area (Å²) in [6.07, 6.45) is 6.47. The lowest BCUT2D eigenvalue weighted by atomic mass is 9.51. The van der Waals surface area contributed by atoms with Gasteiger partial charge in [-0.15, -0.1) is 0 Å². The van der Waals surface area contributed by atoms with Crippen LogP contribution in [0, 0.1) is 5.41 Å². The van der Waals surface area contributed by atoms with Crippen LogP contribution in [0.25, 0.3) is 0 Å². The largest absolute Gasteiger partial charge is 0.497 e. The van der Waals surface area contributed by atoms with Crippen LogP contribution in [-0.4, -0.2) is 20.1 Å². The number of nitrogens with one attached hydrogen (secondary N) is 1. The van der Waals surface area contributed by atoms with Crippen LogP contribution >= 0.6 is 0 Å². The number of hydrogen-bond donors (Lipinski definition) is 1. The molecule has 3 aliphatic carbocycles. The standard InChI is InChI=1S/C17H23NO2/c1-18-15(19)17-10-7-16(8-11-17,9-12-17)13-3-5-14(20-2)6-4-13/h3-6H,7-12H2,1-2H3,(H,18,19). The normalized spacial score (nSPS) is 31.9. The van der Waals surface area contributed by atoms with Gasteiger partial charge < -0.3 is 10.1 Å². The molecule has 4 rings (SSSR count). The molecular formula is C17H23NO2. The molecule has 1 aromatic rings. The van der Waals surface area contributed by atoms with Crippen molar-refractivity contribution in [1.82, 2.24) is 5.32 Å². The van der Waals surface area contributed by atoms with E-state index in [1.165, 1.54) is 5.56 Å². The van der Waals surface area contributed by atoms with Crippen LogP contribution in [0.1, 0.15) is 44.1 Å². The third-order valence-corrected chi connectivity index (χ3v) is 5.66. The first-order valence-corrected chi connectivity index (χ1v) is 7.51. The van der Waals surface area contributed by atoms with Crippen molar-refractivity contribution in [3.8, 4) is 5.75 Å². The topological polar surface area (TPSA) is 38.3 Å². The number of benzene rings is 1. The van der Waals surface area contributed by atoms with Crippen molar-refractivity contribution in [3.63, 3.8) is 0 Å². The Bertz CT molecular complexity index is 482. The van der Waals surface area contributed by atoms with Gasteiger partial charge in [0.15, 0.2) is 0 Å². The van der Waals surface area contributed by atoms with Gasteiger partial charge in [-0.05, 0) is 61.6 Å². The van der Waals surface area contributed by atoms with Crippen LogP contribution in [0.15, 0.2) is 24.3 Å². The predicted molar refractivity (Wildman–Crippen MR) is 78.9 cm³/mol. The number of hydrogen-bond acceptors (Lipinski definition) is 2. The van der Waals surface area contributed by atoms with E-state index in [0.717, 1.165) is 44.3 Å². The minimum Gasteiger partial charge on any atom is -0.497 e. The summed E-state index contributed by atoms with van der Waals surface area (Å²) in [6.45, 7) is 0. The van der Waals surface area contributed by atoms with E-state index < -0.39 is 0 Å². The molecule has 3 fully saturated rings. The van der Waals surface area contributed by atoms with Gasteiger partial charge in [-0.2, -0.15) is 0 Å². The van der Waals surface area contributed by atoms with Gasteiger partial charge in [0.25, 0.3) is 0 Å². The first-order chi connectivity index (χ1) is 9.64. The molecule has 1 N–H and O–H groups in total. The fraction of sp³-hybridized carbons (Fsp3) is 0.588. The van der Waals surface area contributed by atoms with E-state index in [4.69, 9.17) is 4.74 Å². The van der Waals surface area contributed by atoms with E-state index in [1.54, 1.807) is 14.2 Å². The zero-order valence-corrected chi connectivity index (χ0v) is 12.4. The van der Waals surface area contributed by atoms with E-state index in [2.05, 4.69) is 29.6 Å². The molecule has 108 valence electrons. The third kappa shape index (κ3) is 1.91. The Hall–Kier alpha value is -1.51.